The van der Waals surface area contributed by atoms with Crippen molar-refractivity contribution in [3.05, 3.63) is 81.0 Å². The topological polar surface area (TPSA) is 93.5 Å². The lowest BCUT2D eigenvalue weighted by Crippen LogP contribution is -2.23. The molecule has 0 radical (unpaired) electrons. The van der Waals surface area contributed by atoms with Crippen LogP contribution in [-0.2, 0) is 6.54 Å². The molecule has 4 aromatic rings. The highest BCUT2D eigenvalue weighted by atomic mass is 32.1. The van der Waals surface area contributed by atoms with Crippen LogP contribution in [0.25, 0.3) is 22.0 Å². The first-order valence-corrected chi connectivity index (χ1v) is 10.2. The second kappa shape index (κ2) is 8.48. The fraction of sp³-hybridized carbons (Fsp3) is 0.136. The standard InChI is InChI=1S/C22H19N3O4S/c1-14-23-19(13-30-14)17-4-2-3-5-20(17)29-11-10-25-9-8-15-6-7-16(21(26)24-28)12-18(15)22(25)27/h2-9,12-13,28H,10-11H2,1H3,(H,24,26). The molecule has 2 aromatic carbocycles. The van der Waals surface area contributed by atoms with Crippen LogP contribution < -0.4 is 15.8 Å². The summed E-state index contributed by atoms with van der Waals surface area (Å²) in [6.07, 6.45) is 1.70. The molecular formula is C22H19N3O4S. The molecule has 4 rings (SSSR count). The Hall–Kier alpha value is -3.49. The molecular weight excluding hydrogens is 402 g/mol. The average molecular weight is 421 g/mol. The first-order chi connectivity index (χ1) is 14.6. The van der Waals surface area contributed by atoms with Crippen molar-refractivity contribution in [2.45, 2.75) is 13.5 Å². The number of carbonyl (C=O) groups excluding carboxylic acids is 1. The number of hydrogen-bond donors (Lipinski definition) is 2. The van der Waals surface area contributed by atoms with E-state index in [1.807, 2.05) is 42.6 Å². The van der Waals surface area contributed by atoms with E-state index in [0.717, 1.165) is 21.7 Å². The van der Waals surface area contributed by atoms with Crippen molar-refractivity contribution < 1.29 is 14.7 Å². The fourth-order valence-electron chi connectivity index (χ4n) is 3.21. The zero-order valence-electron chi connectivity index (χ0n) is 16.2. The number of amides is 1. The minimum atomic E-state index is -0.663. The van der Waals surface area contributed by atoms with E-state index < -0.39 is 5.91 Å². The van der Waals surface area contributed by atoms with Gasteiger partial charge in [-0.3, -0.25) is 14.8 Å². The Kier molecular flexibility index (Phi) is 5.60. The SMILES string of the molecule is Cc1nc(-c2ccccc2OCCn2ccc3ccc(C(=O)NO)cc3c2=O)cs1. The molecule has 0 atom stereocenters. The molecule has 30 heavy (non-hydrogen) atoms. The van der Waals surface area contributed by atoms with E-state index in [-0.39, 0.29) is 11.1 Å². The summed E-state index contributed by atoms with van der Waals surface area (Å²) in [5.41, 5.74) is 3.34. The van der Waals surface area contributed by atoms with Gasteiger partial charge in [0.25, 0.3) is 11.5 Å². The Morgan fingerprint density at radius 2 is 2.07 bits per heavy atom. The highest BCUT2D eigenvalue weighted by Gasteiger charge is 2.11. The van der Waals surface area contributed by atoms with Crippen LogP contribution in [0.3, 0.4) is 0 Å². The van der Waals surface area contributed by atoms with Crippen molar-refractivity contribution in [3.63, 3.8) is 0 Å². The summed E-state index contributed by atoms with van der Waals surface area (Å²) in [4.78, 5) is 29.0. The molecule has 8 heteroatoms. The Morgan fingerprint density at radius 3 is 2.83 bits per heavy atom. The Morgan fingerprint density at radius 1 is 1.23 bits per heavy atom. The third-order valence-electron chi connectivity index (χ3n) is 4.71. The fourth-order valence-corrected chi connectivity index (χ4v) is 3.82. The quantitative estimate of drug-likeness (QED) is 0.366. The van der Waals surface area contributed by atoms with Gasteiger partial charge in [-0.1, -0.05) is 18.2 Å². The Balaban J connectivity index is 1.54. The highest BCUT2D eigenvalue weighted by Crippen LogP contribution is 2.30. The van der Waals surface area contributed by atoms with Gasteiger partial charge in [0.15, 0.2) is 0 Å². The van der Waals surface area contributed by atoms with Gasteiger partial charge in [-0.2, -0.15) is 0 Å². The minimum absolute atomic E-state index is 0.212. The smallest absolute Gasteiger partial charge is 0.274 e. The molecule has 2 N–H and O–H groups in total. The van der Waals surface area contributed by atoms with Crippen molar-refractivity contribution in [2.75, 3.05) is 6.61 Å². The van der Waals surface area contributed by atoms with Gasteiger partial charge in [-0.25, -0.2) is 10.5 Å². The molecule has 0 saturated heterocycles. The molecule has 0 unspecified atom stereocenters. The van der Waals surface area contributed by atoms with E-state index in [9.17, 15) is 9.59 Å². The molecule has 152 valence electrons. The Labute approximate surface area is 176 Å². The molecule has 0 aliphatic heterocycles. The number of para-hydroxylation sites is 1. The number of benzene rings is 2. The first-order valence-electron chi connectivity index (χ1n) is 9.29. The lowest BCUT2D eigenvalue weighted by molar-refractivity contribution is 0.0706. The second-order valence-electron chi connectivity index (χ2n) is 6.65. The molecule has 0 aliphatic rings. The highest BCUT2D eigenvalue weighted by molar-refractivity contribution is 7.09. The lowest BCUT2D eigenvalue weighted by Gasteiger charge is -2.12. The zero-order valence-corrected chi connectivity index (χ0v) is 17.0. The van der Waals surface area contributed by atoms with Crippen molar-refractivity contribution in [2.24, 2.45) is 0 Å². The van der Waals surface area contributed by atoms with E-state index in [2.05, 4.69) is 4.98 Å². The summed E-state index contributed by atoms with van der Waals surface area (Å²) < 4.78 is 7.50. The first kappa shape index (κ1) is 19.8. The van der Waals surface area contributed by atoms with Crippen LogP contribution in [-0.4, -0.2) is 27.3 Å². The summed E-state index contributed by atoms with van der Waals surface area (Å²) in [6, 6.07) is 14.2. The number of carbonyl (C=O) groups is 1. The summed E-state index contributed by atoms with van der Waals surface area (Å²) in [5.74, 6) is 0.0439. The van der Waals surface area contributed by atoms with Crippen molar-refractivity contribution in [1.29, 1.82) is 0 Å². The van der Waals surface area contributed by atoms with Crippen LogP contribution in [0.4, 0.5) is 0 Å². The number of fused-ring (bicyclic) bond motifs is 1. The van der Waals surface area contributed by atoms with Crippen LogP contribution in [0.2, 0.25) is 0 Å². The van der Waals surface area contributed by atoms with Crippen molar-refractivity contribution in [1.82, 2.24) is 15.0 Å². The average Bonchev–Trinajstić information content (AvgIpc) is 3.21. The number of aryl methyl sites for hydroxylation is 1. The van der Waals surface area contributed by atoms with E-state index >= 15 is 0 Å². The summed E-state index contributed by atoms with van der Waals surface area (Å²) >= 11 is 1.58. The number of aromatic nitrogens is 2. The summed E-state index contributed by atoms with van der Waals surface area (Å²) in [7, 11) is 0. The van der Waals surface area contributed by atoms with Crippen molar-refractivity contribution >= 4 is 28.0 Å². The molecule has 1 amide bonds. The monoisotopic (exact) mass is 421 g/mol. The summed E-state index contributed by atoms with van der Waals surface area (Å²) in [5, 5.41) is 12.9. The number of ether oxygens (including phenoxy) is 1. The van der Waals surface area contributed by atoms with E-state index in [4.69, 9.17) is 9.94 Å². The van der Waals surface area contributed by atoms with E-state index in [0.29, 0.717) is 24.3 Å². The Bertz CT molecular complexity index is 1280. The number of hydroxylamine groups is 1. The maximum atomic E-state index is 12.8. The van der Waals surface area contributed by atoms with Gasteiger partial charge < -0.3 is 9.30 Å². The van der Waals surface area contributed by atoms with Gasteiger partial charge in [0.1, 0.15) is 12.4 Å². The molecule has 0 bridgehead atoms. The van der Waals surface area contributed by atoms with Gasteiger partial charge in [0, 0.05) is 28.1 Å². The van der Waals surface area contributed by atoms with Crippen LogP contribution in [0.5, 0.6) is 5.75 Å². The van der Waals surface area contributed by atoms with E-state index in [1.54, 1.807) is 39.7 Å². The van der Waals surface area contributed by atoms with E-state index in [1.165, 1.54) is 6.07 Å². The number of thiazole rings is 1. The minimum Gasteiger partial charge on any atom is -0.491 e. The largest absolute Gasteiger partial charge is 0.491 e. The third-order valence-corrected chi connectivity index (χ3v) is 5.49. The van der Waals surface area contributed by atoms with Crippen molar-refractivity contribution in [3.8, 4) is 17.0 Å². The van der Waals surface area contributed by atoms with Crippen LogP contribution in [0.1, 0.15) is 15.4 Å². The maximum absolute atomic E-state index is 12.8. The second-order valence-corrected chi connectivity index (χ2v) is 7.72. The number of hydrogen-bond acceptors (Lipinski definition) is 6. The molecule has 0 aliphatic carbocycles. The van der Waals surface area contributed by atoms with Gasteiger partial charge in [-0.05, 0) is 42.6 Å². The number of nitrogens with zero attached hydrogens (tertiary/aromatic N) is 2. The molecule has 2 heterocycles. The number of pyridine rings is 1. The molecule has 0 spiro atoms. The predicted octanol–water partition coefficient (Wildman–Crippen LogP) is 3.63. The van der Waals surface area contributed by atoms with Gasteiger partial charge in [-0.15, -0.1) is 11.3 Å². The predicted molar refractivity (Wildman–Crippen MR) is 115 cm³/mol. The summed E-state index contributed by atoms with van der Waals surface area (Å²) in [6.45, 7) is 2.59. The maximum Gasteiger partial charge on any atom is 0.274 e. The van der Waals surface area contributed by atoms with Gasteiger partial charge in [0.05, 0.1) is 17.2 Å². The zero-order chi connectivity index (χ0) is 21.1. The van der Waals surface area contributed by atoms with Gasteiger partial charge >= 0.3 is 0 Å². The molecule has 0 saturated carbocycles. The van der Waals surface area contributed by atoms with Gasteiger partial charge in [0.2, 0.25) is 0 Å². The normalized spacial score (nSPS) is 10.9. The van der Waals surface area contributed by atoms with Crippen LogP contribution in [0, 0.1) is 6.92 Å². The molecule has 7 nitrogen and oxygen atoms in total. The number of nitrogens with one attached hydrogen (secondary N) is 1. The molecule has 2 aromatic heterocycles. The lowest BCUT2D eigenvalue weighted by atomic mass is 10.1. The molecule has 0 fully saturated rings. The van der Waals surface area contributed by atoms with Crippen LogP contribution in [0.15, 0.2) is 64.9 Å². The van der Waals surface area contributed by atoms with Crippen LogP contribution >= 0.6 is 11.3 Å². The number of rotatable bonds is 6. The third kappa shape index (κ3) is 3.96.